The Kier molecular flexibility index (Phi) is 3.04. The Hall–Kier alpha value is -1.64. The number of carbonyl (C=O) groups is 2. The molecule has 0 radical (unpaired) electrons. The molecule has 3 heteroatoms. The van der Waals surface area contributed by atoms with Gasteiger partial charge in [-0.25, -0.2) is 0 Å². The second-order valence-corrected chi connectivity index (χ2v) is 4.32. The van der Waals surface area contributed by atoms with Crippen LogP contribution < -0.4 is 5.32 Å². The molecule has 0 spiro atoms. The monoisotopic (exact) mass is 217 g/mol. The SMILES string of the molecule is CC(=O)C(=O)N[C@H]1C[C@@H]1Cc1ccccc1. The third-order valence-electron chi connectivity index (χ3n) is 2.90. The summed E-state index contributed by atoms with van der Waals surface area (Å²) in [6.07, 6.45) is 1.96. The second kappa shape index (κ2) is 4.47. The van der Waals surface area contributed by atoms with Crippen LogP contribution in [0.3, 0.4) is 0 Å². The highest BCUT2D eigenvalue weighted by molar-refractivity contribution is 6.35. The van der Waals surface area contributed by atoms with Crippen LogP contribution >= 0.6 is 0 Å². The molecule has 1 aliphatic carbocycles. The van der Waals surface area contributed by atoms with Crippen LogP contribution in [-0.2, 0) is 16.0 Å². The molecule has 0 saturated heterocycles. The summed E-state index contributed by atoms with van der Waals surface area (Å²) in [4.78, 5) is 21.9. The third kappa shape index (κ3) is 2.69. The van der Waals surface area contributed by atoms with Crippen LogP contribution in [0.25, 0.3) is 0 Å². The van der Waals surface area contributed by atoms with E-state index in [1.807, 2.05) is 18.2 Å². The highest BCUT2D eigenvalue weighted by Gasteiger charge is 2.38. The lowest BCUT2D eigenvalue weighted by atomic mass is 10.1. The van der Waals surface area contributed by atoms with E-state index in [0.717, 1.165) is 12.8 Å². The van der Waals surface area contributed by atoms with Crippen LogP contribution in [0.15, 0.2) is 30.3 Å². The molecule has 1 aromatic rings. The van der Waals surface area contributed by atoms with E-state index >= 15 is 0 Å². The predicted molar refractivity (Wildman–Crippen MR) is 60.9 cm³/mol. The molecule has 1 N–H and O–H groups in total. The number of hydrogen-bond acceptors (Lipinski definition) is 2. The van der Waals surface area contributed by atoms with Gasteiger partial charge in [0.15, 0.2) is 0 Å². The number of amides is 1. The summed E-state index contributed by atoms with van der Waals surface area (Å²) >= 11 is 0. The third-order valence-corrected chi connectivity index (χ3v) is 2.90. The second-order valence-electron chi connectivity index (χ2n) is 4.32. The Labute approximate surface area is 94.9 Å². The van der Waals surface area contributed by atoms with Crippen molar-refractivity contribution in [2.75, 3.05) is 0 Å². The number of benzene rings is 1. The first-order valence-corrected chi connectivity index (χ1v) is 5.52. The first-order chi connectivity index (χ1) is 7.66. The van der Waals surface area contributed by atoms with Gasteiger partial charge in [-0.1, -0.05) is 30.3 Å². The lowest BCUT2D eigenvalue weighted by molar-refractivity contribution is -0.136. The predicted octanol–water partition coefficient (Wildman–Crippen LogP) is 1.32. The summed E-state index contributed by atoms with van der Waals surface area (Å²) in [7, 11) is 0. The molecule has 84 valence electrons. The normalized spacial score (nSPS) is 22.6. The number of ketones is 1. The van der Waals surface area contributed by atoms with E-state index in [1.54, 1.807) is 0 Å². The van der Waals surface area contributed by atoms with Crippen molar-refractivity contribution in [2.24, 2.45) is 5.92 Å². The Morgan fingerprint density at radius 3 is 2.62 bits per heavy atom. The van der Waals surface area contributed by atoms with Gasteiger partial charge in [0.1, 0.15) is 0 Å². The van der Waals surface area contributed by atoms with Gasteiger partial charge in [0, 0.05) is 13.0 Å². The number of carbonyl (C=O) groups excluding carboxylic acids is 2. The topological polar surface area (TPSA) is 46.2 Å². The lowest BCUT2D eigenvalue weighted by Crippen LogP contribution is -2.32. The van der Waals surface area contributed by atoms with Crippen molar-refractivity contribution >= 4 is 11.7 Å². The first kappa shape index (κ1) is 10.9. The standard InChI is InChI=1S/C13H15NO2/c1-9(15)13(16)14-12-8-11(12)7-10-5-3-2-4-6-10/h2-6,11-12H,7-8H2,1H3,(H,14,16)/t11-,12-/m0/s1. The van der Waals surface area contributed by atoms with Crippen LogP contribution in [0.1, 0.15) is 18.9 Å². The van der Waals surface area contributed by atoms with E-state index in [-0.39, 0.29) is 6.04 Å². The van der Waals surface area contributed by atoms with E-state index in [4.69, 9.17) is 0 Å². The highest BCUT2D eigenvalue weighted by atomic mass is 16.2. The molecular weight excluding hydrogens is 202 g/mol. The van der Waals surface area contributed by atoms with Gasteiger partial charge in [0.2, 0.25) is 5.78 Å². The Morgan fingerprint density at radius 1 is 1.31 bits per heavy atom. The summed E-state index contributed by atoms with van der Waals surface area (Å²) in [6, 6.07) is 10.4. The molecule has 0 unspecified atom stereocenters. The number of rotatable bonds is 4. The molecule has 0 bridgehead atoms. The molecule has 1 saturated carbocycles. The highest BCUT2D eigenvalue weighted by Crippen LogP contribution is 2.33. The van der Waals surface area contributed by atoms with Crippen LogP contribution in [0, 0.1) is 5.92 Å². The summed E-state index contributed by atoms with van der Waals surface area (Å²) in [5.41, 5.74) is 1.28. The minimum absolute atomic E-state index is 0.191. The number of nitrogens with one attached hydrogen (secondary N) is 1. The molecule has 2 atom stereocenters. The van der Waals surface area contributed by atoms with E-state index in [0.29, 0.717) is 5.92 Å². The molecule has 0 aliphatic heterocycles. The minimum Gasteiger partial charge on any atom is -0.346 e. The van der Waals surface area contributed by atoms with E-state index in [9.17, 15) is 9.59 Å². The van der Waals surface area contributed by atoms with E-state index in [1.165, 1.54) is 12.5 Å². The number of Topliss-reactive ketones (excluding diaryl/α,β-unsaturated/α-hetero) is 1. The van der Waals surface area contributed by atoms with Crippen molar-refractivity contribution in [1.29, 1.82) is 0 Å². The summed E-state index contributed by atoms with van der Waals surface area (Å²) in [5.74, 6) is -0.378. The number of hydrogen-bond donors (Lipinski definition) is 1. The zero-order chi connectivity index (χ0) is 11.5. The molecule has 1 aliphatic rings. The van der Waals surface area contributed by atoms with Gasteiger partial charge in [-0.05, 0) is 24.3 Å². The maximum atomic E-state index is 11.1. The van der Waals surface area contributed by atoms with Crippen LogP contribution in [0.2, 0.25) is 0 Å². The van der Waals surface area contributed by atoms with Crippen molar-refractivity contribution in [3.63, 3.8) is 0 Å². The zero-order valence-corrected chi connectivity index (χ0v) is 9.27. The molecule has 3 nitrogen and oxygen atoms in total. The van der Waals surface area contributed by atoms with Crippen LogP contribution in [0.4, 0.5) is 0 Å². The van der Waals surface area contributed by atoms with Gasteiger partial charge in [-0.2, -0.15) is 0 Å². The molecule has 1 aromatic carbocycles. The molecular formula is C13H15NO2. The molecule has 0 aromatic heterocycles. The molecule has 16 heavy (non-hydrogen) atoms. The van der Waals surface area contributed by atoms with Crippen molar-refractivity contribution in [3.8, 4) is 0 Å². The summed E-state index contributed by atoms with van der Waals surface area (Å²) in [5, 5.41) is 2.74. The Bertz CT molecular complexity index is 400. The van der Waals surface area contributed by atoms with Gasteiger partial charge < -0.3 is 5.32 Å². The average Bonchev–Trinajstić information content (AvgIpc) is 2.97. The van der Waals surface area contributed by atoms with Crippen molar-refractivity contribution in [2.45, 2.75) is 25.8 Å². The first-order valence-electron chi connectivity index (χ1n) is 5.52. The summed E-state index contributed by atoms with van der Waals surface area (Å²) < 4.78 is 0. The fourth-order valence-electron chi connectivity index (χ4n) is 1.84. The van der Waals surface area contributed by atoms with Gasteiger partial charge in [0.05, 0.1) is 0 Å². The summed E-state index contributed by atoms with van der Waals surface area (Å²) in [6.45, 7) is 1.30. The largest absolute Gasteiger partial charge is 0.346 e. The van der Waals surface area contributed by atoms with E-state index < -0.39 is 11.7 Å². The van der Waals surface area contributed by atoms with Crippen LogP contribution in [-0.4, -0.2) is 17.7 Å². The molecule has 0 heterocycles. The molecule has 1 amide bonds. The van der Waals surface area contributed by atoms with Crippen molar-refractivity contribution < 1.29 is 9.59 Å². The lowest BCUT2D eigenvalue weighted by Gasteiger charge is -2.02. The van der Waals surface area contributed by atoms with E-state index in [2.05, 4.69) is 17.4 Å². The zero-order valence-electron chi connectivity index (χ0n) is 9.27. The van der Waals surface area contributed by atoms with Gasteiger partial charge in [-0.3, -0.25) is 9.59 Å². The van der Waals surface area contributed by atoms with Gasteiger partial charge in [-0.15, -0.1) is 0 Å². The Morgan fingerprint density at radius 2 is 2.00 bits per heavy atom. The quantitative estimate of drug-likeness (QED) is 0.773. The van der Waals surface area contributed by atoms with Crippen molar-refractivity contribution in [1.82, 2.24) is 5.32 Å². The molecule has 2 rings (SSSR count). The average molecular weight is 217 g/mol. The minimum atomic E-state index is -0.458. The smallest absolute Gasteiger partial charge is 0.287 e. The fraction of sp³-hybridized carbons (Fsp3) is 0.385. The maximum Gasteiger partial charge on any atom is 0.287 e. The van der Waals surface area contributed by atoms with Gasteiger partial charge in [0.25, 0.3) is 5.91 Å². The fourth-order valence-corrected chi connectivity index (χ4v) is 1.84. The molecule has 1 fully saturated rings. The van der Waals surface area contributed by atoms with Crippen LogP contribution in [0.5, 0.6) is 0 Å². The Balaban J connectivity index is 1.80. The maximum absolute atomic E-state index is 11.1. The van der Waals surface area contributed by atoms with Gasteiger partial charge >= 0.3 is 0 Å². The van der Waals surface area contributed by atoms with Crippen molar-refractivity contribution in [3.05, 3.63) is 35.9 Å².